The van der Waals surface area contributed by atoms with E-state index in [4.69, 9.17) is 4.74 Å². The van der Waals surface area contributed by atoms with Crippen LogP contribution in [0.25, 0.3) is 0 Å². The summed E-state index contributed by atoms with van der Waals surface area (Å²) in [5.41, 5.74) is -0.307. The van der Waals surface area contributed by atoms with Gasteiger partial charge in [0.05, 0.1) is 10.6 Å². The molecule has 0 aliphatic carbocycles. The number of rotatable bonds is 6. The molecule has 1 aromatic heterocycles. The van der Waals surface area contributed by atoms with Crippen LogP contribution >= 0.6 is 0 Å². The van der Waals surface area contributed by atoms with E-state index in [1.54, 1.807) is 0 Å². The fourth-order valence-electron chi connectivity index (χ4n) is 2.34. The number of nitro groups is 1. The van der Waals surface area contributed by atoms with Crippen LogP contribution in [-0.2, 0) is 20.9 Å². The van der Waals surface area contributed by atoms with E-state index >= 15 is 0 Å². The van der Waals surface area contributed by atoms with Gasteiger partial charge in [0.25, 0.3) is 5.91 Å². The molecule has 0 aliphatic heterocycles. The molecule has 27 heavy (non-hydrogen) atoms. The first-order valence-corrected chi connectivity index (χ1v) is 7.74. The van der Waals surface area contributed by atoms with Crippen molar-refractivity contribution in [3.63, 3.8) is 0 Å². The number of benzene rings is 1. The molecule has 2 aromatic rings. The highest BCUT2D eigenvalue weighted by Gasteiger charge is 2.25. The van der Waals surface area contributed by atoms with E-state index in [0.29, 0.717) is 0 Å². The topological polar surface area (TPSA) is 116 Å². The molecule has 9 nitrogen and oxygen atoms in total. The summed E-state index contributed by atoms with van der Waals surface area (Å²) in [7, 11) is 0. The van der Waals surface area contributed by atoms with Crippen LogP contribution in [0, 0.1) is 35.6 Å². The minimum absolute atomic E-state index is 0.137. The monoisotopic (exact) mass is 382 g/mol. The van der Waals surface area contributed by atoms with E-state index in [9.17, 15) is 28.5 Å². The van der Waals surface area contributed by atoms with Crippen LogP contribution < -0.4 is 5.32 Å². The van der Waals surface area contributed by atoms with E-state index in [-0.39, 0.29) is 17.1 Å². The van der Waals surface area contributed by atoms with Crippen LogP contribution in [-0.4, -0.2) is 32.7 Å². The number of amides is 1. The Kier molecular flexibility index (Phi) is 5.83. The normalized spacial score (nSPS) is 11.7. The van der Waals surface area contributed by atoms with Crippen molar-refractivity contribution in [2.75, 3.05) is 5.32 Å². The zero-order valence-corrected chi connectivity index (χ0v) is 14.7. The minimum atomic E-state index is -1.31. The molecule has 0 unspecified atom stereocenters. The number of halogens is 2. The van der Waals surface area contributed by atoms with Gasteiger partial charge >= 0.3 is 11.7 Å². The highest BCUT2D eigenvalue weighted by atomic mass is 19.1. The first-order valence-electron chi connectivity index (χ1n) is 7.74. The molecule has 11 heteroatoms. The molecule has 1 heterocycles. The van der Waals surface area contributed by atoms with Crippen LogP contribution in [0.1, 0.15) is 18.3 Å². The van der Waals surface area contributed by atoms with Gasteiger partial charge in [-0.25, -0.2) is 8.78 Å². The Bertz CT molecular complexity index is 912. The summed E-state index contributed by atoms with van der Waals surface area (Å²) in [6.45, 7) is 3.64. The average molecular weight is 382 g/mol. The first-order chi connectivity index (χ1) is 12.6. The van der Waals surface area contributed by atoms with Gasteiger partial charge in [-0.05, 0) is 32.9 Å². The lowest BCUT2D eigenvalue weighted by Gasteiger charge is -2.14. The van der Waals surface area contributed by atoms with E-state index in [2.05, 4.69) is 10.4 Å². The van der Waals surface area contributed by atoms with E-state index in [0.717, 1.165) is 22.9 Å². The largest absolute Gasteiger partial charge is 0.451 e. The molecule has 1 atom stereocenters. The summed E-state index contributed by atoms with van der Waals surface area (Å²) in [5.74, 6) is -3.34. The molecule has 1 N–H and O–H groups in total. The molecule has 0 aliphatic rings. The molecule has 0 saturated carbocycles. The fourth-order valence-corrected chi connectivity index (χ4v) is 2.34. The van der Waals surface area contributed by atoms with Crippen molar-refractivity contribution in [1.82, 2.24) is 9.78 Å². The Hall–Kier alpha value is -3.37. The van der Waals surface area contributed by atoms with Crippen molar-refractivity contribution >= 4 is 23.3 Å². The number of carbonyl (C=O) groups excluding carboxylic acids is 2. The molecular formula is C16H16F2N4O5. The molecule has 1 aromatic carbocycles. The maximum Gasteiger partial charge on any atom is 0.328 e. The summed E-state index contributed by atoms with van der Waals surface area (Å²) < 4.78 is 32.7. The lowest BCUT2D eigenvalue weighted by Crippen LogP contribution is -2.31. The Morgan fingerprint density at radius 3 is 2.63 bits per heavy atom. The predicted molar refractivity (Wildman–Crippen MR) is 88.9 cm³/mol. The number of ether oxygens (including phenoxy) is 1. The van der Waals surface area contributed by atoms with Gasteiger partial charge in [-0.2, -0.15) is 5.10 Å². The van der Waals surface area contributed by atoms with Gasteiger partial charge in [0.2, 0.25) is 0 Å². The van der Waals surface area contributed by atoms with Gasteiger partial charge in [-0.15, -0.1) is 0 Å². The molecule has 1 amide bonds. The molecule has 0 radical (unpaired) electrons. The number of nitrogens with zero attached hydrogens (tertiary/aromatic N) is 3. The summed E-state index contributed by atoms with van der Waals surface area (Å²) in [5, 5.41) is 17.0. The second kappa shape index (κ2) is 7.89. The van der Waals surface area contributed by atoms with Gasteiger partial charge in [0, 0.05) is 6.07 Å². The van der Waals surface area contributed by atoms with Gasteiger partial charge in [0.1, 0.15) is 29.6 Å². The Morgan fingerprint density at radius 1 is 1.37 bits per heavy atom. The number of hydrogen-bond donors (Lipinski definition) is 1. The summed E-state index contributed by atoms with van der Waals surface area (Å²) in [6.07, 6.45) is -1.31. The van der Waals surface area contributed by atoms with E-state index in [1.165, 1.54) is 20.8 Å². The average Bonchev–Trinajstić information content (AvgIpc) is 2.84. The molecule has 144 valence electrons. The first kappa shape index (κ1) is 19.9. The molecular weight excluding hydrogens is 366 g/mol. The van der Waals surface area contributed by atoms with Crippen LogP contribution in [0.4, 0.5) is 20.2 Å². The predicted octanol–water partition coefficient (Wildman–Crippen LogP) is 2.26. The van der Waals surface area contributed by atoms with Gasteiger partial charge in [-0.1, -0.05) is 0 Å². The zero-order chi connectivity index (χ0) is 20.3. The van der Waals surface area contributed by atoms with Crippen molar-refractivity contribution in [3.8, 4) is 0 Å². The van der Waals surface area contributed by atoms with Crippen molar-refractivity contribution < 1.29 is 28.0 Å². The number of aryl methyl sites for hydroxylation is 1. The summed E-state index contributed by atoms with van der Waals surface area (Å²) >= 11 is 0. The van der Waals surface area contributed by atoms with E-state index < -0.39 is 46.8 Å². The lowest BCUT2D eigenvalue weighted by molar-refractivity contribution is -0.386. The smallest absolute Gasteiger partial charge is 0.328 e. The minimum Gasteiger partial charge on any atom is -0.451 e. The second-order valence-electron chi connectivity index (χ2n) is 5.68. The number of aromatic nitrogens is 2. The number of hydrogen-bond acceptors (Lipinski definition) is 6. The third kappa shape index (κ3) is 4.63. The Labute approximate surface area is 152 Å². The SMILES string of the molecule is Cc1nn(CC(=O)O[C@H](C)C(=O)Nc2cc(F)ccc2F)c(C)c1[N+](=O)[O-]. The number of anilines is 1. The highest BCUT2D eigenvalue weighted by Crippen LogP contribution is 2.21. The van der Waals surface area contributed by atoms with Crippen molar-refractivity contribution in [3.05, 3.63) is 51.3 Å². The number of esters is 1. The maximum absolute atomic E-state index is 13.5. The molecule has 0 saturated heterocycles. The van der Waals surface area contributed by atoms with E-state index in [1.807, 2.05) is 0 Å². The fraction of sp³-hybridized carbons (Fsp3) is 0.312. The molecule has 2 rings (SSSR count). The van der Waals surface area contributed by atoms with Crippen LogP contribution in [0.2, 0.25) is 0 Å². The summed E-state index contributed by atoms with van der Waals surface area (Å²) in [6, 6.07) is 2.52. The van der Waals surface area contributed by atoms with Gasteiger partial charge in [0.15, 0.2) is 6.10 Å². The highest BCUT2D eigenvalue weighted by molar-refractivity contribution is 5.95. The van der Waals surface area contributed by atoms with Crippen molar-refractivity contribution in [2.45, 2.75) is 33.4 Å². The lowest BCUT2D eigenvalue weighted by atomic mass is 10.2. The van der Waals surface area contributed by atoms with Crippen LogP contribution in [0.3, 0.4) is 0 Å². The van der Waals surface area contributed by atoms with Gasteiger partial charge in [-0.3, -0.25) is 24.4 Å². The Morgan fingerprint density at radius 2 is 2.04 bits per heavy atom. The van der Waals surface area contributed by atoms with Crippen molar-refractivity contribution in [1.29, 1.82) is 0 Å². The number of carbonyl (C=O) groups is 2. The maximum atomic E-state index is 13.5. The number of nitrogens with one attached hydrogen (secondary N) is 1. The van der Waals surface area contributed by atoms with Crippen LogP contribution in [0.15, 0.2) is 18.2 Å². The molecule has 0 bridgehead atoms. The quantitative estimate of drug-likeness (QED) is 0.465. The zero-order valence-electron chi connectivity index (χ0n) is 14.7. The molecule has 0 spiro atoms. The Balaban J connectivity index is 2.01. The van der Waals surface area contributed by atoms with Crippen molar-refractivity contribution in [2.24, 2.45) is 0 Å². The second-order valence-corrected chi connectivity index (χ2v) is 5.68. The summed E-state index contributed by atoms with van der Waals surface area (Å²) in [4.78, 5) is 34.3. The van der Waals surface area contributed by atoms with Crippen LogP contribution in [0.5, 0.6) is 0 Å². The third-order valence-corrected chi connectivity index (χ3v) is 3.67. The third-order valence-electron chi connectivity index (χ3n) is 3.67. The molecule has 0 fully saturated rings. The standard InChI is InChI=1S/C16H16F2N4O5/c1-8-15(22(25)26)9(2)21(20-8)7-14(23)27-10(3)16(24)19-13-6-11(17)4-5-12(13)18/h4-6,10H,7H2,1-3H3,(H,19,24)/t10-/m1/s1. The van der Waals surface area contributed by atoms with Gasteiger partial charge < -0.3 is 10.1 Å².